The molecule has 1 atom stereocenters. The van der Waals surface area contributed by atoms with Crippen molar-refractivity contribution in [3.63, 3.8) is 0 Å². The van der Waals surface area contributed by atoms with Crippen molar-refractivity contribution in [3.05, 3.63) is 23.8 Å². The number of hydrazone groups is 1. The fourth-order valence-corrected chi connectivity index (χ4v) is 2.70. The summed E-state index contributed by atoms with van der Waals surface area (Å²) in [6, 6.07) is 2.11. The monoisotopic (exact) mass is 368 g/mol. The maximum absolute atomic E-state index is 14.5. The molecule has 2 amide bonds. The number of nitrogens with one attached hydrogen (secondary N) is 1. The van der Waals surface area contributed by atoms with Gasteiger partial charge in [0, 0.05) is 19.1 Å². The van der Waals surface area contributed by atoms with Crippen LogP contribution in [0.2, 0.25) is 0 Å². The third-order valence-electron chi connectivity index (χ3n) is 3.89. The van der Waals surface area contributed by atoms with E-state index in [0.717, 1.165) is 17.0 Å². The minimum atomic E-state index is -0.850. The Morgan fingerprint density at radius 1 is 1.38 bits per heavy atom. The average Bonchev–Trinajstić information content (AvgIpc) is 2.77. The van der Waals surface area contributed by atoms with E-state index in [-0.39, 0.29) is 50.1 Å². The Bertz CT molecular complexity index is 720. The van der Waals surface area contributed by atoms with E-state index in [9.17, 15) is 18.4 Å². The molecule has 0 saturated carbocycles. The predicted octanol–water partition coefficient (Wildman–Crippen LogP) is 1.25. The van der Waals surface area contributed by atoms with Crippen LogP contribution < -0.4 is 15.2 Å². The van der Waals surface area contributed by atoms with Crippen LogP contribution in [0.15, 0.2) is 17.2 Å². The standard InChI is InChI=1S/C16H18F2N4O4/c1-10(23)19-8-12-9-21(16(24)26-12)11-6-13(17)15(14(18)7-11)22-3-5-25-4-2-20-22/h2,6-7,12H,3-5,8-9H2,1H3,(H,19,23)/t12-/m0/s1. The number of carbonyl (C=O) groups excluding carboxylic acids is 2. The summed E-state index contributed by atoms with van der Waals surface area (Å²) < 4.78 is 39.3. The van der Waals surface area contributed by atoms with Gasteiger partial charge in [-0.25, -0.2) is 13.6 Å². The van der Waals surface area contributed by atoms with Gasteiger partial charge in [0.05, 0.1) is 44.8 Å². The van der Waals surface area contributed by atoms with Crippen molar-refractivity contribution in [2.24, 2.45) is 5.10 Å². The molecule has 0 radical (unpaired) electrons. The highest BCUT2D eigenvalue weighted by molar-refractivity contribution is 5.90. The number of nitrogens with zero attached hydrogens (tertiary/aromatic N) is 3. The molecule has 0 spiro atoms. The molecule has 3 rings (SSSR count). The second-order valence-corrected chi connectivity index (χ2v) is 5.81. The zero-order chi connectivity index (χ0) is 18.7. The largest absolute Gasteiger partial charge is 0.442 e. The van der Waals surface area contributed by atoms with Gasteiger partial charge in [-0.1, -0.05) is 0 Å². The molecular weight excluding hydrogens is 350 g/mol. The van der Waals surface area contributed by atoms with Gasteiger partial charge < -0.3 is 14.8 Å². The van der Waals surface area contributed by atoms with E-state index < -0.39 is 23.8 Å². The molecule has 1 fully saturated rings. The first-order valence-electron chi connectivity index (χ1n) is 8.05. The third kappa shape index (κ3) is 3.90. The lowest BCUT2D eigenvalue weighted by molar-refractivity contribution is -0.119. The molecule has 1 N–H and O–H groups in total. The van der Waals surface area contributed by atoms with Crippen LogP contribution in [0, 0.1) is 11.6 Å². The number of hydrogen-bond acceptors (Lipinski definition) is 6. The number of cyclic esters (lactones) is 1. The van der Waals surface area contributed by atoms with E-state index in [2.05, 4.69) is 10.4 Å². The van der Waals surface area contributed by atoms with Crippen molar-refractivity contribution in [3.8, 4) is 0 Å². The number of benzene rings is 1. The van der Waals surface area contributed by atoms with Crippen molar-refractivity contribution in [2.45, 2.75) is 13.0 Å². The first-order chi connectivity index (χ1) is 12.5. The molecule has 8 nitrogen and oxygen atoms in total. The van der Waals surface area contributed by atoms with Crippen LogP contribution in [0.25, 0.3) is 0 Å². The molecular formula is C16H18F2N4O4. The fourth-order valence-electron chi connectivity index (χ4n) is 2.70. The van der Waals surface area contributed by atoms with Gasteiger partial charge >= 0.3 is 6.09 Å². The highest BCUT2D eigenvalue weighted by Gasteiger charge is 2.33. The molecule has 2 aliphatic heterocycles. The van der Waals surface area contributed by atoms with E-state index in [4.69, 9.17) is 9.47 Å². The smallest absolute Gasteiger partial charge is 0.414 e. The maximum Gasteiger partial charge on any atom is 0.414 e. The summed E-state index contributed by atoms with van der Waals surface area (Å²) >= 11 is 0. The predicted molar refractivity (Wildman–Crippen MR) is 89.3 cm³/mol. The lowest BCUT2D eigenvalue weighted by Gasteiger charge is -2.20. The lowest BCUT2D eigenvalue weighted by atomic mass is 10.2. The second kappa shape index (κ2) is 7.65. The summed E-state index contributed by atoms with van der Waals surface area (Å²) in [6.07, 6.45) is 0.0993. The Morgan fingerprint density at radius 3 is 2.81 bits per heavy atom. The number of hydrogen-bond donors (Lipinski definition) is 1. The van der Waals surface area contributed by atoms with Crippen LogP contribution in [-0.2, 0) is 14.3 Å². The molecule has 140 valence electrons. The van der Waals surface area contributed by atoms with Crippen molar-refractivity contribution in [1.82, 2.24) is 5.32 Å². The molecule has 0 aliphatic carbocycles. The average molecular weight is 368 g/mol. The summed E-state index contributed by atoms with van der Waals surface area (Å²) in [5.74, 6) is -1.96. The van der Waals surface area contributed by atoms with Crippen LogP contribution in [-0.4, -0.2) is 57.2 Å². The Balaban J connectivity index is 1.79. The van der Waals surface area contributed by atoms with Crippen molar-refractivity contribution >= 4 is 29.6 Å². The van der Waals surface area contributed by atoms with Crippen LogP contribution in [0.4, 0.5) is 25.0 Å². The number of anilines is 2. The zero-order valence-corrected chi connectivity index (χ0v) is 14.1. The van der Waals surface area contributed by atoms with Crippen molar-refractivity contribution in [2.75, 3.05) is 42.8 Å². The number of rotatable bonds is 4. The Morgan fingerprint density at radius 2 is 2.12 bits per heavy atom. The number of ether oxygens (including phenoxy) is 2. The van der Waals surface area contributed by atoms with Gasteiger partial charge in [-0.2, -0.15) is 5.10 Å². The summed E-state index contributed by atoms with van der Waals surface area (Å²) in [5, 5.41) is 7.69. The minimum absolute atomic E-state index is 0.0362. The quantitative estimate of drug-likeness (QED) is 0.865. The summed E-state index contributed by atoms with van der Waals surface area (Å²) in [7, 11) is 0. The molecule has 2 aliphatic rings. The summed E-state index contributed by atoms with van der Waals surface area (Å²) in [6.45, 7) is 2.30. The van der Waals surface area contributed by atoms with Gasteiger partial charge in [0.2, 0.25) is 5.91 Å². The molecule has 0 unspecified atom stereocenters. The van der Waals surface area contributed by atoms with Gasteiger partial charge in [0.25, 0.3) is 0 Å². The molecule has 0 aromatic heterocycles. The van der Waals surface area contributed by atoms with Gasteiger partial charge in [-0.15, -0.1) is 0 Å². The van der Waals surface area contributed by atoms with E-state index >= 15 is 0 Å². The topological polar surface area (TPSA) is 83.5 Å². The van der Waals surface area contributed by atoms with Crippen LogP contribution in [0.5, 0.6) is 0 Å². The normalized spacial score (nSPS) is 20.1. The zero-order valence-electron chi connectivity index (χ0n) is 14.1. The van der Waals surface area contributed by atoms with Crippen LogP contribution in [0.1, 0.15) is 6.92 Å². The molecule has 1 saturated heterocycles. The Kier molecular flexibility index (Phi) is 5.31. The molecule has 26 heavy (non-hydrogen) atoms. The first kappa shape index (κ1) is 18.1. The van der Waals surface area contributed by atoms with Crippen LogP contribution in [0.3, 0.4) is 0 Å². The Labute approximate surface area is 148 Å². The van der Waals surface area contributed by atoms with E-state index in [1.54, 1.807) is 0 Å². The maximum atomic E-state index is 14.5. The summed E-state index contributed by atoms with van der Waals surface area (Å²) in [4.78, 5) is 24.0. The minimum Gasteiger partial charge on any atom is -0.442 e. The lowest BCUT2D eigenvalue weighted by Crippen LogP contribution is -2.33. The Hall–Kier alpha value is -2.75. The van der Waals surface area contributed by atoms with E-state index in [1.165, 1.54) is 18.1 Å². The van der Waals surface area contributed by atoms with Gasteiger partial charge in [0.1, 0.15) is 11.8 Å². The van der Waals surface area contributed by atoms with Crippen molar-refractivity contribution in [1.29, 1.82) is 0 Å². The number of halogens is 2. The first-order valence-corrected chi connectivity index (χ1v) is 8.05. The molecule has 10 heteroatoms. The van der Waals surface area contributed by atoms with Gasteiger partial charge in [0.15, 0.2) is 11.6 Å². The van der Waals surface area contributed by atoms with Crippen LogP contribution >= 0.6 is 0 Å². The summed E-state index contributed by atoms with van der Waals surface area (Å²) in [5.41, 5.74) is -0.271. The molecule has 1 aromatic carbocycles. The molecule has 0 bridgehead atoms. The van der Waals surface area contributed by atoms with Crippen molar-refractivity contribution < 1.29 is 27.8 Å². The number of amides is 2. The number of carbonyl (C=O) groups is 2. The fraction of sp³-hybridized carbons (Fsp3) is 0.438. The SMILES string of the molecule is CC(=O)NC[C@H]1CN(c2cc(F)c(N3CCOCC=N3)c(F)c2)C(=O)O1. The third-order valence-corrected chi connectivity index (χ3v) is 3.89. The highest BCUT2D eigenvalue weighted by Crippen LogP contribution is 2.31. The second-order valence-electron chi connectivity index (χ2n) is 5.81. The van der Waals surface area contributed by atoms with Gasteiger partial charge in [-0.3, -0.25) is 14.7 Å². The highest BCUT2D eigenvalue weighted by atomic mass is 19.1. The molecule has 2 heterocycles. The molecule has 1 aromatic rings. The van der Waals surface area contributed by atoms with E-state index in [0.29, 0.717) is 0 Å². The van der Waals surface area contributed by atoms with E-state index in [1.807, 2.05) is 0 Å². The van der Waals surface area contributed by atoms with Gasteiger partial charge in [-0.05, 0) is 0 Å².